The van der Waals surface area contributed by atoms with Crippen LogP contribution in [0.15, 0.2) is 60.7 Å². The van der Waals surface area contributed by atoms with Crippen LogP contribution in [0, 0.1) is 13.8 Å². The van der Waals surface area contributed by atoms with Gasteiger partial charge in [0.2, 0.25) is 0 Å². The van der Waals surface area contributed by atoms with Gasteiger partial charge in [-0.2, -0.15) is 0 Å². The number of nitrogens with zero attached hydrogens (tertiary/aromatic N) is 1. The first-order chi connectivity index (χ1) is 14.8. The third-order valence-electron chi connectivity index (χ3n) is 5.36. The molecule has 1 aliphatic rings. The summed E-state index contributed by atoms with van der Waals surface area (Å²) in [5, 5.41) is 13.9. The number of aryl methyl sites for hydroxylation is 1. The Morgan fingerprint density at radius 1 is 0.839 bits per heavy atom. The van der Waals surface area contributed by atoms with Gasteiger partial charge in [-0.25, -0.2) is 4.90 Å². The Hall–Kier alpha value is -4.26. The molecule has 154 valence electrons. The van der Waals surface area contributed by atoms with Gasteiger partial charge in [-0.1, -0.05) is 18.2 Å². The fraction of sp³-hybridized carbons (Fsp3) is 0.0833. The molecule has 3 amide bonds. The number of nitrogens with one attached hydrogen (secondary N) is 1. The van der Waals surface area contributed by atoms with Crippen LogP contribution < -0.4 is 15.3 Å². The first-order valence-corrected chi connectivity index (χ1v) is 9.49. The molecule has 0 aromatic heterocycles. The van der Waals surface area contributed by atoms with Gasteiger partial charge in [-0.05, 0) is 73.0 Å². The van der Waals surface area contributed by atoms with Crippen LogP contribution in [0.3, 0.4) is 0 Å². The lowest BCUT2D eigenvalue weighted by Crippen LogP contribution is -2.29. The average molecular weight is 413 g/mol. The van der Waals surface area contributed by atoms with Gasteiger partial charge >= 0.3 is 0 Å². The van der Waals surface area contributed by atoms with Crippen LogP contribution in [0.25, 0.3) is 0 Å². The van der Waals surface area contributed by atoms with Crippen LogP contribution in [-0.2, 0) is 0 Å². The van der Waals surface area contributed by atoms with E-state index in [9.17, 15) is 24.3 Å². The predicted molar refractivity (Wildman–Crippen MR) is 112 cm³/mol. The highest BCUT2D eigenvalue weighted by Gasteiger charge is 2.36. The molecule has 0 unspecified atom stereocenters. The van der Waals surface area contributed by atoms with Gasteiger partial charge in [0.25, 0.3) is 17.7 Å². The van der Waals surface area contributed by atoms with Crippen molar-refractivity contribution in [2.45, 2.75) is 13.8 Å². The van der Waals surface area contributed by atoms with Gasteiger partial charge in [-0.3, -0.25) is 14.4 Å². The molecule has 7 heteroatoms. The number of fused-ring (bicyclic) bond motifs is 1. The highest BCUT2D eigenvalue weighted by atomic mass is 16.4. The number of carboxylic acid groups (broad SMARTS) is 1. The number of benzene rings is 3. The lowest BCUT2D eigenvalue weighted by molar-refractivity contribution is -0.255. The summed E-state index contributed by atoms with van der Waals surface area (Å²) < 4.78 is 0. The summed E-state index contributed by atoms with van der Waals surface area (Å²) in [6.45, 7) is 3.87. The van der Waals surface area contributed by atoms with Crippen LogP contribution >= 0.6 is 0 Å². The summed E-state index contributed by atoms with van der Waals surface area (Å²) in [6, 6.07) is 15.3. The lowest BCUT2D eigenvalue weighted by atomic mass is 10.1. The molecule has 0 saturated heterocycles. The number of amides is 3. The van der Waals surface area contributed by atoms with Gasteiger partial charge < -0.3 is 15.2 Å². The molecule has 3 aromatic rings. The number of carbonyl (C=O) groups excluding carboxylic acids is 4. The fourth-order valence-corrected chi connectivity index (χ4v) is 3.45. The number of hydrogen-bond acceptors (Lipinski definition) is 5. The Labute approximate surface area is 177 Å². The molecule has 0 spiro atoms. The van der Waals surface area contributed by atoms with Crippen LogP contribution in [-0.4, -0.2) is 23.7 Å². The molecule has 31 heavy (non-hydrogen) atoms. The van der Waals surface area contributed by atoms with Crippen molar-refractivity contribution in [2.75, 3.05) is 10.2 Å². The molecule has 7 nitrogen and oxygen atoms in total. The molecular weight excluding hydrogens is 396 g/mol. The van der Waals surface area contributed by atoms with E-state index in [1.54, 1.807) is 0 Å². The smallest absolute Gasteiger partial charge is 0.266 e. The molecule has 0 radical (unpaired) electrons. The molecule has 1 heterocycles. The normalized spacial score (nSPS) is 12.6. The maximum Gasteiger partial charge on any atom is 0.266 e. The first kappa shape index (κ1) is 20.0. The second kappa shape index (κ2) is 7.53. The molecule has 0 aliphatic carbocycles. The van der Waals surface area contributed by atoms with E-state index in [1.165, 1.54) is 36.4 Å². The quantitative estimate of drug-likeness (QED) is 0.662. The maximum absolute atomic E-state index is 12.7. The van der Waals surface area contributed by atoms with Crippen LogP contribution in [0.1, 0.15) is 52.6 Å². The van der Waals surface area contributed by atoms with Gasteiger partial charge in [0.15, 0.2) is 0 Å². The standard InChI is InChI=1S/C24H18N2O5/c1-13-4-3-5-20(14(13)2)25-21(27)15-6-9-17(10-7-15)26-22(28)18-11-8-16(24(30)31)12-19(18)23(26)29/h3-12H,1-2H3,(H,25,27)(H,30,31)/p-1. The Bertz CT molecular complexity index is 1260. The molecule has 1 aliphatic heterocycles. The highest BCUT2D eigenvalue weighted by molar-refractivity contribution is 6.34. The second-order valence-corrected chi connectivity index (χ2v) is 7.24. The second-order valence-electron chi connectivity index (χ2n) is 7.24. The summed E-state index contributed by atoms with van der Waals surface area (Å²) in [6.07, 6.45) is 0. The van der Waals surface area contributed by atoms with E-state index in [-0.39, 0.29) is 28.3 Å². The summed E-state index contributed by atoms with van der Waals surface area (Å²) in [7, 11) is 0. The van der Waals surface area contributed by atoms with Crippen molar-refractivity contribution in [2.24, 2.45) is 0 Å². The van der Waals surface area contributed by atoms with Crippen LogP contribution in [0.2, 0.25) is 0 Å². The third-order valence-corrected chi connectivity index (χ3v) is 5.36. The number of anilines is 2. The Morgan fingerprint density at radius 2 is 1.48 bits per heavy atom. The zero-order valence-corrected chi connectivity index (χ0v) is 16.8. The van der Waals surface area contributed by atoms with Gasteiger partial charge in [0, 0.05) is 11.3 Å². The number of carboxylic acids is 1. The van der Waals surface area contributed by atoms with E-state index in [0.717, 1.165) is 22.1 Å². The number of hydrogen-bond donors (Lipinski definition) is 1. The molecule has 0 saturated carbocycles. The van der Waals surface area contributed by atoms with Crippen molar-refractivity contribution in [1.29, 1.82) is 0 Å². The maximum atomic E-state index is 12.7. The monoisotopic (exact) mass is 413 g/mol. The fourth-order valence-electron chi connectivity index (χ4n) is 3.45. The minimum Gasteiger partial charge on any atom is -0.545 e. The molecular formula is C24H17N2O5-. The Kier molecular flexibility index (Phi) is 4.87. The largest absolute Gasteiger partial charge is 0.545 e. The van der Waals surface area contributed by atoms with Gasteiger partial charge in [0.1, 0.15) is 0 Å². The third kappa shape index (κ3) is 3.46. The van der Waals surface area contributed by atoms with E-state index >= 15 is 0 Å². The Balaban J connectivity index is 1.57. The zero-order valence-electron chi connectivity index (χ0n) is 16.8. The number of aromatic carboxylic acids is 1. The molecule has 0 fully saturated rings. The number of rotatable bonds is 4. The number of carbonyl (C=O) groups is 4. The first-order valence-electron chi connectivity index (χ1n) is 9.49. The topological polar surface area (TPSA) is 107 Å². The van der Waals surface area contributed by atoms with E-state index in [2.05, 4.69) is 5.32 Å². The van der Waals surface area contributed by atoms with Gasteiger partial charge in [0.05, 0.1) is 22.8 Å². The lowest BCUT2D eigenvalue weighted by Gasteiger charge is -2.15. The summed E-state index contributed by atoms with van der Waals surface area (Å²) in [5.41, 5.74) is 3.31. The summed E-state index contributed by atoms with van der Waals surface area (Å²) in [5.74, 6) is -2.94. The average Bonchev–Trinajstić information content (AvgIpc) is 3.01. The van der Waals surface area contributed by atoms with Crippen molar-refractivity contribution in [3.63, 3.8) is 0 Å². The van der Waals surface area contributed by atoms with Crippen molar-refractivity contribution in [3.05, 3.63) is 94.0 Å². The molecule has 0 atom stereocenters. The molecule has 3 aromatic carbocycles. The zero-order chi connectivity index (χ0) is 22.3. The summed E-state index contributed by atoms with van der Waals surface area (Å²) >= 11 is 0. The van der Waals surface area contributed by atoms with Crippen molar-refractivity contribution in [3.8, 4) is 0 Å². The van der Waals surface area contributed by atoms with Crippen molar-refractivity contribution >= 4 is 35.1 Å². The number of imide groups is 1. The SMILES string of the molecule is Cc1cccc(NC(=O)c2ccc(N3C(=O)c4ccc(C(=O)[O-])cc4C3=O)cc2)c1C. The molecule has 1 N–H and O–H groups in total. The van der Waals surface area contributed by atoms with Crippen LogP contribution in [0.5, 0.6) is 0 Å². The van der Waals surface area contributed by atoms with E-state index in [1.807, 2.05) is 32.0 Å². The van der Waals surface area contributed by atoms with E-state index < -0.39 is 17.8 Å². The highest BCUT2D eigenvalue weighted by Crippen LogP contribution is 2.29. The van der Waals surface area contributed by atoms with Crippen molar-refractivity contribution < 1.29 is 24.3 Å². The van der Waals surface area contributed by atoms with Crippen LogP contribution in [0.4, 0.5) is 11.4 Å². The Morgan fingerprint density at radius 3 is 2.16 bits per heavy atom. The van der Waals surface area contributed by atoms with Crippen molar-refractivity contribution in [1.82, 2.24) is 0 Å². The van der Waals surface area contributed by atoms with E-state index in [0.29, 0.717) is 11.3 Å². The minimum absolute atomic E-state index is 0.00319. The van der Waals surface area contributed by atoms with E-state index in [4.69, 9.17) is 0 Å². The predicted octanol–water partition coefficient (Wildman–Crippen LogP) is 2.72. The minimum atomic E-state index is -1.43. The van der Waals surface area contributed by atoms with Gasteiger partial charge in [-0.15, -0.1) is 0 Å². The molecule has 4 rings (SSSR count). The summed E-state index contributed by atoms with van der Waals surface area (Å²) in [4.78, 5) is 50.0. The molecule has 0 bridgehead atoms.